The van der Waals surface area contributed by atoms with Crippen LogP contribution in [0.4, 0.5) is 0 Å². The zero-order chi connectivity index (χ0) is 21.5. The monoisotopic (exact) mass is 446 g/mol. The Hall–Kier alpha value is -2.97. The molecule has 30 heavy (non-hydrogen) atoms. The maximum absolute atomic E-state index is 11.8. The Kier molecular flexibility index (Phi) is 7.37. The number of carboxylic acids is 1. The van der Waals surface area contributed by atoms with Crippen molar-refractivity contribution < 1.29 is 23.8 Å². The summed E-state index contributed by atoms with van der Waals surface area (Å²) in [5.41, 5.74) is 1.33. The lowest BCUT2D eigenvalue weighted by molar-refractivity contribution is -0.131. The molecule has 0 unspecified atom stereocenters. The van der Waals surface area contributed by atoms with Crippen LogP contribution in [0.1, 0.15) is 19.4 Å². The molecule has 0 saturated carbocycles. The van der Waals surface area contributed by atoms with Crippen molar-refractivity contribution in [3.8, 4) is 23.0 Å². The number of halogens is 1. The maximum Gasteiger partial charge on any atom is 0.342 e. The third-order valence-electron chi connectivity index (χ3n) is 3.77. The summed E-state index contributed by atoms with van der Waals surface area (Å²) in [4.78, 5) is 11.8. The Morgan fingerprint density at radius 2 is 1.80 bits per heavy atom. The number of nitrogens with zero attached hydrogens (tertiary/aromatic N) is 2. The van der Waals surface area contributed by atoms with Gasteiger partial charge in [-0.2, -0.15) is 0 Å². The normalized spacial score (nSPS) is 11.4. The summed E-state index contributed by atoms with van der Waals surface area (Å²) >= 11 is 6.75. The van der Waals surface area contributed by atoms with Crippen molar-refractivity contribution in [2.75, 3.05) is 13.2 Å². The van der Waals surface area contributed by atoms with Crippen LogP contribution >= 0.6 is 23.4 Å². The van der Waals surface area contributed by atoms with Crippen molar-refractivity contribution in [1.29, 1.82) is 0 Å². The van der Waals surface area contributed by atoms with Crippen LogP contribution in [0.25, 0.3) is 17.5 Å². The molecule has 9 heteroatoms. The van der Waals surface area contributed by atoms with Gasteiger partial charge in [0.25, 0.3) is 5.22 Å². The minimum Gasteiger partial charge on any atom is -0.490 e. The van der Waals surface area contributed by atoms with Crippen LogP contribution in [-0.4, -0.2) is 34.5 Å². The van der Waals surface area contributed by atoms with Gasteiger partial charge in [0.2, 0.25) is 5.89 Å². The maximum atomic E-state index is 11.8. The van der Waals surface area contributed by atoms with E-state index in [0.29, 0.717) is 40.9 Å². The van der Waals surface area contributed by atoms with Gasteiger partial charge in [0, 0.05) is 10.6 Å². The topological polar surface area (TPSA) is 94.7 Å². The Bertz CT molecular complexity index is 1050. The summed E-state index contributed by atoms with van der Waals surface area (Å²) in [6.07, 6.45) is 1.51. The minimum absolute atomic E-state index is 0.0212. The number of thioether (sulfide) groups is 1. The number of rotatable bonds is 9. The van der Waals surface area contributed by atoms with Gasteiger partial charge in [0.1, 0.15) is 4.91 Å². The first-order chi connectivity index (χ1) is 14.5. The Morgan fingerprint density at radius 1 is 1.10 bits per heavy atom. The SMILES string of the molecule is CCOc1ccc(/C=C(\Sc2nnc(-c3ccc(Cl)cc3)o2)C(=O)O)cc1OCC. The molecular formula is C21H19ClN2O5S. The van der Waals surface area contributed by atoms with Crippen molar-refractivity contribution >= 4 is 35.4 Å². The Labute approximate surface area is 182 Å². The minimum atomic E-state index is -1.11. The number of ether oxygens (including phenoxy) is 2. The molecule has 7 nitrogen and oxygen atoms in total. The molecule has 0 atom stereocenters. The van der Waals surface area contributed by atoms with Gasteiger partial charge < -0.3 is 19.0 Å². The molecular weight excluding hydrogens is 428 g/mol. The van der Waals surface area contributed by atoms with E-state index in [1.165, 1.54) is 6.08 Å². The molecule has 0 radical (unpaired) electrons. The van der Waals surface area contributed by atoms with Crippen molar-refractivity contribution in [2.45, 2.75) is 19.1 Å². The van der Waals surface area contributed by atoms with E-state index in [1.54, 1.807) is 42.5 Å². The highest BCUT2D eigenvalue weighted by Gasteiger charge is 2.16. The van der Waals surface area contributed by atoms with Gasteiger partial charge in [-0.05, 0) is 73.6 Å². The predicted molar refractivity (Wildman–Crippen MR) is 115 cm³/mol. The first-order valence-electron chi connectivity index (χ1n) is 9.12. The highest BCUT2D eigenvalue weighted by Crippen LogP contribution is 2.33. The number of carboxylic acid groups (broad SMARTS) is 1. The molecule has 0 amide bonds. The lowest BCUT2D eigenvalue weighted by atomic mass is 10.2. The van der Waals surface area contributed by atoms with Gasteiger partial charge in [-0.15, -0.1) is 10.2 Å². The molecule has 1 N–H and O–H groups in total. The van der Waals surface area contributed by atoms with E-state index in [4.69, 9.17) is 25.5 Å². The van der Waals surface area contributed by atoms with Gasteiger partial charge in [0.05, 0.1) is 13.2 Å². The number of benzene rings is 2. The van der Waals surface area contributed by atoms with Crippen molar-refractivity contribution in [3.63, 3.8) is 0 Å². The molecule has 1 aromatic heterocycles. The van der Waals surface area contributed by atoms with E-state index in [1.807, 2.05) is 13.8 Å². The van der Waals surface area contributed by atoms with Gasteiger partial charge >= 0.3 is 5.97 Å². The summed E-state index contributed by atoms with van der Waals surface area (Å²) in [7, 11) is 0. The number of carbonyl (C=O) groups is 1. The van der Waals surface area contributed by atoms with Crippen LogP contribution in [0.15, 0.2) is 57.0 Å². The van der Waals surface area contributed by atoms with Gasteiger partial charge in [-0.3, -0.25) is 0 Å². The summed E-state index contributed by atoms with van der Waals surface area (Å²) in [6.45, 7) is 4.71. The quantitative estimate of drug-likeness (QED) is 0.344. The summed E-state index contributed by atoms with van der Waals surface area (Å²) in [5.74, 6) is 0.313. The Morgan fingerprint density at radius 3 is 2.47 bits per heavy atom. The lowest BCUT2D eigenvalue weighted by Gasteiger charge is -2.11. The smallest absolute Gasteiger partial charge is 0.342 e. The molecule has 0 aliphatic carbocycles. The average molecular weight is 447 g/mol. The highest BCUT2D eigenvalue weighted by atomic mass is 35.5. The van der Waals surface area contributed by atoms with Crippen LogP contribution in [0, 0.1) is 0 Å². The predicted octanol–water partition coefficient (Wildman–Crippen LogP) is 5.41. The first-order valence-corrected chi connectivity index (χ1v) is 10.3. The van der Waals surface area contributed by atoms with Crippen molar-refractivity contribution in [1.82, 2.24) is 10.2 Å². The van der Waals surface area contributed by atoms with Crippen LogP contribution < -0.4 is 9.47 Å². The van der Waals surface area contributed by atoms with E-state index in [0.717, 1.165) is 11.8 Å². The summed E-state index contributed by atoms with van der Waals surface area (Å²) in [6, 6.07) is 12.1. The lowest BCUT2D eigenvalue weighted by Crippen LogP contribution is -1.99. The summed E-state index contributed by atoms with van der Waals surface area (Å²) in [5, 5.41) is 18.2. The van der Waals surface area contributed by atoms with Crippen LogP contribution in [-0.2, 0) is 4.79 Å². The molecule has 156 valence electrons. The average Bonchev–Trinajstić information content (AvgIpc) is 3.19. The van der Waals surface area contributed by atoms with Crippen molar-refractivity contribution in [3.05, 3.63) is 58.0 Å². The van der Waals surface area contributed by atoms with Crippen LogP contribution in [0.3, 0.4) is 0 Å². The van der Waals surface area contributed by atoms with Crippen molar-refractivity contribution in [2.24, 2.45) is 0 Å². The summed E-state index contributed by atoms with van der Waals surface area (Å²) < 4.78 is 16.7. The van der Waals surface area contributed by atoms with Gasteiger partial charge in [-0.25, -0.2) is 4.79 Å². The molecule has 0 aliphatic heterocycles. The van der Waals surface area contributed by atoms with E-state index in [9.17, 15) is 9.90 Å². The largest absolute Gasteiger partial charge is 0.490 e. The molecule has 3 aromatic rings. The van der Waals surface area contributed by atoms with Crippen LogP contribution in [0.5, 0.6) is 11.5 Å². The Balaban J connectivity index is 1.84. The highest BCUT2D eigenvalue weighted by molar-refractivity contribution is 8.03. The number of aliphatic carboxylic acids is 1. The molecule has 0 fully saturated rings. The third kappa shape index (κ3) is 5.55. The second kappa shape index (κ2) is 10.2. The fourth-order valence-corrected chi connectivity index (χ4v) is 3.30. The third-order valence-corrected chi connectivity index (χ3v) is 4.87. The second-order valence-corrected chi connectivity index (χ2v) is 7.30. The fourth-order valence-electron chi connectivity index (χ4n) is 2.50. The standard InChI is InChI=1S/C21H19ClN2O5S/c1-3-27-16-10-5-13(11-17(16)28-4-2)12-18(20(25)26)30-21-24-23-19(29-21)14-6-8-15(22)9-7-14/h5-12H,3-4H2,1-2H3,(H,25,26)/b18-12-. The molecule has 3 rings (SSSR count). The number of hydrogen-bond acceptors (Lipinski definition) is 7. The second-order valence-electron chi connectivity index (χ2n) is 5.87. The molecule has 2 aromatic carbocycles. The molecule has 0 spiro atoms. The fraction of sp³-hybridized carbons (Fsp3) is 0.190. The van der Waals surface area contributed by atoms with E-state index >= 15 is 0 Å². The zero-order valence-electron chi connectivity index (χ0n) is 16.3. The molecule has 0 saturated heterocycles. The molecule has 0 bridgehead atoms. The van der Waals surface area contributed by atoms with E-state index in [2.05, 4.69) is 10.2 Å². The van der Waals surface area contributed by atoms with E-state index < -0.39 is 5.97 Å². The molecule has 1 heterocycles. The number of aromatic nitrogens is 2. The first kappa shape index (κ1) is 21.7. The number of hydrogen-bond donors (Lipinski definition) is 1. The van der Waals surface area contributed by atoms with Crippen LogP contribution in [0.2, 0.25) is 5.02 Å². The molecule has 0 aliphatic rings. The van der Waals surface area contributed by atoms with Gasteiger partial charge in [0.15, 0.2) is 11.5 Å². The zero-order valence-corrected chi connectivity index (χ0v) is 17.9. The van der Waals surface area contributed by atoms with E-state index in [-0.39, 0.29) is 16.0 Å². The van der Waals surface area contributed by atoms with Gasteiger partial charge in [-0.1, -0.05) is 17.7 Å².